The van der Waals surface area contributed by atoms with Crippen molar-refractivity contribution in [3.05, 3.63) is 105 Å². The topological polar surface area (TPSA) is 168 Å². The average molecular weight is 784 g/mol. The van der Waals surface area contributed by atoms with Gasteiger partial charge >= 0.3 is 18.4 Å². The number of azide groups is 1. The fraction of sp³-hybridized carbons (Fsp3) is 0.429. The molecule has 3 amide bonds. The van der Waals surface area contributed by atoms with Gasteiger partial charge in [-0.2, -0.15) is 13.2 Å². The average Bonchev–Trinajstić information content (AvgIpc) is 3.09. The second kappa shape index (κ2) is 18.1. The second-order valence-electron chi connectivity index (χ2n) is 13.4. The molecule has 55 heavy (non-hydrogen) atoms. The highest BCUT2D eigenvalue weighted by atomic mass is 19.4. The number of alkyl carbamates (subject to hydrolysis) is 1. The maximum Gasteiger partial charge on any atom is 0.410 e. The zero-order valence-electron chi connectivity index (χ0n) is 29.6. The molecule has 296 valence electrons. The first-order valence-corrected chi connectivity index (χ1v) is 16.6. The summed E-state index contributed by atoms with van der Waals surface area (Å²) in [6.07, 6.45) is -5.82. The predicted octanol–water partition coefficient (Wildman–Crippen LogP) is 7.31. The van der Waals surface area contributed by atoms with E-state index in [2.05, 4.69) is 20.3 Å². The molecular weight excluding hydrogens is 747 g/mol. The lowest BCUT2D eigenvalue weighted by molar-refractivity contribution is -0.124. The molecule has 20 heteroatoms. The van der Waals surface area contributed by atoms with E-state index in [1.807, 2.05) is 0 Å². The maximum absolute atomic E-state index is 15.3. The third kappa shape index (κ3) is 12.5. The van der Waals surface area contributed by atoms with Crippen molar-refractivity contribution < 1.29 is 59.3 Å². The monoisotopic (exact) mass is 783 g/mol. The molecule has 3 aromatic rings. The van der Waals surface area contributed by atoms with Crippen molar-refractivity contribution in [2.24, 2.45) is 5.11 Å². The van der Waals surface area contributed by atoms with Gasteiger partial charge in [0.1, 0.15) is 48.1 Å². The molecule has 2 heterocycles. The molecule has 1 saturated heterocycles. The van der Waals surface area contributed by atoms with Crippen molar-refractivity contribution in [1.82, 2.24) is 15.2 Å². The quantitative estimate of drug-likeness (QED) is 0.0840. The molecule has 1 aromatic heterocycles. The van der Waals surface area contributed by atoms with Crippen LogP contribution in [0, 0.1) is 23.3 Å². The van der Waals surface area contributed by atoms with Gasteiger partial charge in [-0.05, 0) is 74.5 Å². The van der Waals surface area contributed by atoms with Crippen LogP contribution in [0.2, 0.25) is 0 Å². The lowest BCUT2D eigenvalue weighted by atomic mass is 9.84. The van der Waals surface area contributed by atoms with Gasteiger partial charge in [0.25, 0.3) is 0 Å². The number of benzene rings is 2. The molecule has 0 unspecified atom stereocenters. The van der Waals surface area contributed by atoms with E-state index in [-0.39, 0.29) is 48.4 Å². The number of morpholine rings is 1. The van der Waals surface area contributed by atoms with Crippen LogP contribution in [0.25, 0.3) is 10.4 Å². The molecule has 0 bridgehead atoms. The van der Waals surface area contributed by atoms with Crippen LogP contribution in [0.15, 0.2) is 60.0 Å². The highest BCUT2D eigenvalue weighted by Crippen LogP contribution is 2.33. The molecule has 1 aliphatic heterocycles. The normalized spacial score (nSPS) is 17.0. The molecule has 0 saturated carbocycles. The number of pyridine rings is 1. The summed E-state index contributed by atoms with van der Waals surface area (Å²) in [6, 6.07) is 4.30. The summed E-state index contributed by atoms with van der Waals surface area (Å²) in [4.78, 5) is 46.5. The van der Waals surface area contributed by atoms with Gasteiger partial charge in [-0.3, -0.25) is 14.7 Å². The number of hydrogen-bond donors (Lipinski definition) is 2. The van der Waals surface area contributed by atoms with E-state index in [0.717, 1.165) is 36.7 Å². The van der Waals surface area contributed by atoms with Gasteiger partial charge in [0.05, 0.1) is 43.4 Å². The van der Waals surface area contributed by atoms with E-state index in [1.165, 1.54) is 17.0 Å². The molecule has 2 aromatic carbocycles. The summed E-state index contributed by atoms with van der Waals surface area (Å²) in [7, 11) is 0. The number of amides is 3. The molecule has 1 fully saturated rings. The summed E-state index contributed by atoms with van der Waals surface area (Å²) in [5, 5.41) is 7.62. The molecule has 0 spiro atoms. The first-order chi connectivity index (χ1) is 25.8. The summed E-state index contributed by atoms with van der Waals surface area (Å²) in [5.41, 5.74) is 8.24. The number of halogens is 7. The van der Waals surface area contributed by atoms with E-state index in [4.69, 9.17) is 14.2 Å². The van der Waals surface area contributed by atoms with Gasteiger partial charge in [-0.25, -0.2) is 27.2 Å². The van der Waals surface area contributed by atoms with Gasteiger partial charge < -0.3 is 24.8 Å². The largest absolute Gasteiger partial charge is 0.447 e. The van der Waals surface area contributed by atoms with Crippen molar-refractivity contribution in [2.75, 3.05) is 31.6 Å². The van der Waals surface area contributed by atoms with E-state index in [9.17, 15) is 46.3 Å². The Balaban J connectivity index is 1.53. The van der Waals surface area contributed by atoms with Gasteiger partial charge in [-0.1, -0.05) is 17.2 Å². The van der Waals surface area contributed by atoms with E-state index in [1.54, 1.807) is 26.1 Å². The number of hydrogen-bond acceptors (Lipinski definition) is 8. The molecule has 1 aliphatic rings. The first kappa shape index (κ1) is 42.1. The summed E-state index contributed by atoms with van der Waals surface area (Å²) in [6.45, 7) is 2.20. The van der Waals surface area contributed by atoms with Gasteiger partial charge in [0.15, 0.2) is 0 Å². The van der Waals surface area contributed by atoms with Crippen LogP contribution in [0.5, 0.6) is 0 Å². The third-order valence-electron chi connectivity index (χ3n) is 8.05. The van der Waals surface area contributed by atoms with Crippen LogP contribution >= 0.6 is 0 Å². The SMILES string of the molecule is CC(C)(C)OC(=O)N1C[C@@H](CCc2c(F)cncc2NC(=O)[C@@H](N=[N+]=[N-])[C@@H](c2ccc(F)cc2)c2cc(F)cc(F)c2)OC[C@H]1COC(=O)NCC(F)(F)F. The predicted molar refractivity (Wildman–Crippen MR) is 181 cm³/mol. The maximum atomic E-state index is 15.3. The Morgan fingerprint density at radius 2 is 1.69 bits per heavy atom. The number of carbonyl (C=O) groups is 3. The Morgan fingerprint density at radius 1 is 1.02 bits per heavy atom. The Hall–Kier alpha value is -5.62. The minimum absolute atomic E-state index is 0.0172. The zero-order valence-corrected chi connectivity index (χ0v) is 29.6. The number of aromatic nitrogens is 1. The van der Waals surface area contributed by atoms with Crippen LogP contribution in [0.1, 0.15) is 49.8 Å². The molecule has 13 nitrogen and oxygen atoms in total. The number of carbonyl (C=O) groups excluding carboxylic acids is 3. The van der Waals surface area contributed by atoms with Crippen LogP contribution in [0.3, 0.4) is 0 Å². The van der Waals surface area contributed by atoms with Gasteiger partial charge in [-0.15, -0.1) is 0 Å². The molecule has 4 atom stereocenters. The Labute approximate surface area is 309 Å². The number of ether oxygens (including phenoxy) is 3. The third-order valence-corrected chi connectivity index (χ3v) is 8.05. The number of alkyl halides is 3. The highest BCUT2D eigenvalue weighted by Gasteiger charge is 2.37. The number of rotatable bonds is 12. The summed E-state index contributed by atoms with van der Waals surface area (Å²) < 4.78 is 112. The van der Waals surface area contributed by atoms with E-state index < -0.39 is 90.4 Å². The van der Waals surface area contributed by atoms with E-state index >= 15 is 4.39 Å². The van der Waals surface area contributed by atoms with Crippen LogP contribution in [0.4, 0.5) is 46.0 Å². The summed E-state index contributed by atoms with van der Waals surface area (Å²) >= 11 is 0. The number of anilines is 1. The standard InChI is InChI=1S/C35H36F7N7O6/c1-34(2,3)55-33(52)49-15-25(53-16-24(49)17-54-32(51)45-18-35(40,41)42)8-9-26-27(39)13-44-14-28(26)46-31(50)30(47-48-43)29(19-4-6-21(36)7-5-19)20-10-22(37)12-23(38)11-20/h4-7,10-14,24-25,29-30H,8-9,15-18H2,1-3H3,(H,45,51)(H,46,50)/t24-,25+,29-,30-/m0/s1. The van der Waals surface area contributed by atoms with Crippen molar-refractivity contribution in [3.63, 3.8) is 0 Å². The smallest absolute Gasteiger partial charge is 0.410 e. The fourth-order valence-corrected chi connectivity index (χ4v) is 5.65. The second-order valence-corrected chi connectivity index (χ2v) is 13.4. The highest BCUT2D eigenvalue weighted by molar-refractivity contribution is 5.96. The van der Waals surface area contributed by atoms with Crippen molar-refractivity contribution >= 4 is 23.8 Å². The van der Waals surface area contributed by atoms with Gasteiger partial charge in [0.2, 0.25) is 5.91 Å². The van der Waals surface area contributed by atoms with Crippen molar-refractivity contribution in [1.29, 1.82) is 0 Å². The Morgan fingerprint density at radius 3 is 2.31 bits per heavy atom. The Kier molecular flexibility index (Phi) is 13.9. The fourth-order valence-electron chi connectivity index (χ4n) is 5.65. The molecule has 0 aliphatic carbocycles. The molecule has 2 N–H and O–H groups in total. The summed E-state index contributed by atoms with van der Waals surface area (Å²) in [5.74, 6) is -5.89. The lowest BCUT2D eigenvalue weighted by Crippen LogP contribution is -2.55. The lowest BCUT2D eigenvalue weighted by Gasteiger charge is -2.39. The minimum Gasteiger partial charge on any atom is -0.447 e. The van der Waals surface area contributed by atoms with Crippen LogP contribution in [-0.4, -0.2) is 84.2 Å². The number of nitrogens with one attached hydrogen (secondary N) is 2. The molecular formula is C35H36F7N7O6. The van der Waals surface area contributed by atoms with E-state index in [0.29, 0.717) is 6.07 Å². The minimum atomic E-state index is -4.68. The Bertz CT molecular complexity index is 1870. The van der Waals surface area contributed by atoms with Gasteiger partial charge in [0, 0.05) is 22.5 Å². The molecule has 0 radical (unpaired) electrons. The van der Waals surface area contributed by atoms with Crippen molar-refractivity contribution in [2.45, 2.75) is 69.5 Å². The number of nitrogens with zero attached hydrogens (tertiary/aromatic N) is 5. The first-order valence-electron chi connectivity index (χ1n) is 16.6. The van der Waals surface area contributed by atoms with Crippen molar-refractivity contribution in [3.8, 4) is 0 Å². The van der Waals surface area contributed by atoms with Crippen LogP contribution in [-0.2, 0) is 25.4 Å². The van der Waals surface area contributed by atoms with Crippen LogP contribution < -0.4 is 10.6 Å². The zero-order chi connectivity index (χ0) is 40.5. The molecule has 4 rings (SSSR count).